The molecule has 0 aliphatic heterocycles. The maximum Gasteiger partial charge on any atom is 0.410 e. The highest BCUT2D eigenvalue weighted by Crippen LogP contribution is 2.42. The van der Waals surface area contributed by atoms with E-state index in [1.807, 2.05) is 32.0 Å². The average molecular weight is 616 g/mol. The molecule has 10 heteroatoms. The summed E-state index contributed by atoms with van der Waals surface area (Å²) in [7, 11) is 0. The third-order valence-corrected chi connectivity index (χ3v) is 7.86. The Morgan fingerprint density at radius 3 is 2.67 bits per heavy atom. The highest BCUT2D eigenvalue weighted by Gasteiger charge is 2.22. The smallest absolute Gasteiger partial charge is 0.410 e. The second kappa shape index (κ2) is 9.33. The van der Waals surface area contributed by atoms with Gasteiger partial charge in [0.25, 0.3) is 0 Å². The van der Waals surface area contributed by atoms with Gasteiger partial charge in [-0.25, -0.2) is 19.2 Å². The van der Waals surface area contributed by atoms with Gasteiger partial charge in [-0.15, -0.1) is 0 Å². The largest absolute Gasteiger partial charge is 0.448 e. The fourth-order valence-corrected chi connectivity index (χ4v) is 5.16. The molecule has 0 spiro atoms. The van der Waals surface area contributed by atoms with Crippen LogP contribution in [0.25, 0.3) is 33.3 Å². The molecular weight excluding hydrogens is 595 g/mol. The van der Waals surface area contributed by atoms with Gasteiger partial charge in [-0.1, -0.05) is 25.1 Å². The molecule has 5 rings (SSSR count). The molecule has 0 unspecified atom stereocenters. The van der Waals surface area contributed by atoms with Crippen LogP contribution in [-0.2, 0) is 13.0 Å². The highest BCUT2D eigenvalue weighted by molar-refractivity contribution is 9.10. The van der Waals surface area contributed by atoms with Gasteiger partial charge in [-0.2, -0.15) is 0 Å². The first-order valence-corrected chi connectivity index (χ1v) is 12.8. The molecule has 0 saturated heterocycles. The number of carbonyl (C=O) groups excluding carboxylic acids is 1. The van der Waals surface area contributed by atoms with Crippen molar-refractivity contribution >= 4 is 59.9 Å². The summed E-state index contributed by atoms with van der Waals surface area (Å²) in [5.74, 6) is 0.308. The molecule has 0 aliphatic rings. The fourth-order valence-electron chi connectivity index (χ4n) is 4.40. The van der Waals surface area contributed by atoms with Crippen molar-refractivity contribution in [1.82, 2.24) is 14.5 Å². The van der Waals surface area contributed by atoms with E-state index < -0.39 is 11.9 Å². The number of aryl methyl sites for hydroxylation is 3. The van der Waals surface area contributed by atoms with E-state index in [1.54, 1.807) is 6.07 Å². The summed E-state index contributed by atoms with van der Waals surface area (Å²) in [6.45, 7) is 6.64. The zero-order valence-corrected chi connectivity index (χ0v) is 22.8. The summed E-state index contributed by atoms with van der Waals surface area (Å²) in [4.78, 5) is 21.0. The van der Waals surface area contributed by atoms with Crippen LogP contribution in [0.15, 0.2) is 50.0 Å². The van der Waals surface area contributed by atoms with Gasteiger partial charge in [0.1, 0.15) is 17.1 Å². The Morgan fingerprint density at radius 1 is 1.17 bits per heavy atom. The van der Waals surface area contributed by atoms with E-state index in [4.69, 9.17) is 24.9 Å². The van der Waals surface area contributed by atoms with Gasteiger partial charge in [0.2, 0.25) is 0 Å². The first-order valence-electron chi connectivity index (χ1n) is 11.2. The van der Waals surface area contributed by atoms with Crippen molar-refractivity contribution in [2.45, 2.75) is 33.7 Å². The first-order chi connectivity index (χ1) is 17.2. The van der Waals surface area contributed by atoms with E-state index in [1.165, 1.54) is 12.1 Å². The molecule has 0 aliphatic carbocycles. The minimum absolute atomic E-state index is 0.280. The standard InChI is InChI=1S/C26H21Br2FN4O3/c1-4-19-32-21-12(2)20(27)13(3)31-25(21)33(19)11-14-8-9-15-17(10-14)24(28)35-22(15)16-6-5-7-18(29)23(16)36-26(30)34/h5-10H,4,11H2,1-3H3,(H2,30,34). The summed E-state index contributed by atoms with van der Waals surface area (Å²) in [6.07, 6.45) is -0.347. The summed E-state index contributed by atoms with van der Waals surface area (Å²) in [6, 6.07) is 10.2. The minimum Gasteiger partial charge on any atom is -0.448 e. The number of pyridine rings is 1. The lowest BCUT2D eigenvalue weighted by Gasteiger charge is -2.10. The quantitative estimate of drug-likeness (QED) is 0.226. The van der Waals surface area contributed by atoms with Crippen molar-refractivity contribution < 1.29 is 18.3 Å². The summed E-state index contributed by atoms with van der Waals surface area (Å²) in [5.41, 5.74) is 10.1. The van der Waals surface area contributed by atoms with E-state index in [0.717, 1.165) is 55.5 Å². The molecule has 36 heavy (non-hydrogen) atoms. The fraction of sp³-hybridized carbons (Fsp3) is 0.192. The van der Waals surface area contributed by atoms with Crippen molar-refractivity contribution in [1.29, 1.82) is 0 Å². The number of nitrogens with zero attached hydrogens (tertiary/aromatic N) is 3. The third-order valence-electron chi connectivity index (χ3n) is 6.10. The van der Waals surface area contributed by atoms with E-state index in [9.17, 15) is 9.18 Å². The number of hydrogen-bond donors (Lipinski definition) is 1. The number of nitrogens with two attached hydrogens (primary N) is 1. The zero-order chi connectivity index (χ0) is 25.7. The van der Waals surface area contributed by atoms with E-state index >= 15 is 0 Å². The average Bonchev–Trinajstić information content (AvgIpc) is 3.36. The lowest BCUT2D eigenvalue weighted by Crippen LogP contribution is -2.17. The molecule has 2 N–H and O–H groups in total. The van der Waals surface area contributed by atoms with Crippen molar-refractivity contribution in [2.24, 2.45) is 5.73 Å². The normalized spacial score (nSPS) is 11.5. The Hall–Kier alpha value is -3.24. The molecule has 184 valence electrons. The van der Waals surface area contributed by atoms with Crippen molar-refractivity contribution in [3.63, 3.8) is 0 Å². The molecule has 3 heterocycles. The van der Waals surface area contributed by atoms with Crippen LogP contribution < -0.4 is 10.5 Å². The number of fused-ring (bicyclic) bond motifs is 2. The van der Waals surface area contributed by atoms with Crippen LogP contribution in [0.2, 0.25) is 0 Å². The van der Waals surface area contributed by atoms with Gasteiger partial charge >= 0.3 is 6.09 Å². The topological polar surface area (TPSA) is 96.2 Å². The number of benzene rings is 2. The number of primary amides is 1. The third kappa shape index (κ3) is 4.08. The van der Waals surface area contributed by atoms with Gasteiger partial charge in [0.05, 0.1) is 17.8 Å². The maximum atomic E-state index is 14.5. The number of carbonyl (C=O) groups is 1. The molecule has 5 aromatic rings. The Labute approximate surface area is 222 Å². The Kier molecular flexibility index (Phi) is 6.34. The van der Waals surface area contributed by atoms with Crippen LogP contribution in [0.3, 0.4) is 0 Å². The number of ether oxygens (including phenoxy) is 1. The van der Waals surface area contributed by atoms with Crippen LogP contribution in [0.5, 0.6) is 5.75 Å². The summed E-state index contributed by atoms with van der Waals surface area (Å²) >= 11 is 7.10. The summed E-state index contributed by atoms with van der Waals surface area (Å²) in [5, 5.41) is 1.52. The van der Waals surface area contributed by atoms with Crippen LogP contribution in [0, 0.1) is 19.7 Å². The zero-order valence-electron chi connectivity index (χ0n) is 19.7. The second-order valence-electron chi connectivity index (χ2n) is 8.40. The van der Waals surface area contributed by atoms with Gasteiger partial charge in [0.15, 0.2) is 21.9 Å². The lowest BCUT2D eigenvalue weighted by atomic mass is 10.0. The Balaban J connectivity index is 1.61. The van der Waals surface area contributed by atoms with E-state index in [-0.39, 0.29) is 11.3 Å². The highest BCUT2D eigenvalue weighted by atomic mass is 79.9. The number of furan rings is 1. The summed E-state index contributed by atoms with van der Waals surface area (Å²) < 4.78 is 28.9. The van der Waals surface area contributed by atoms with Gasteiger partial charge in [-0.3, -0.25) is 0 Å². The number of aromatic nitrogens is 3. The number of amides is 1. The van der Waals surface area contributed by atoms with Crippen LogP contribution in [0.1, 0.15) is 29.6 Å². The van der Waals surface area contributed by atoms with Crippen molar-refractivity contribution in [2.75, 3.05) is 0 Å². The number of hydrogen-bond acceptors (Lipinski definition) is 5. The van der Waals surface area contributed by atoms with Gasteiger partial charge in [-0.05, 0) is 75.0 Å². The number of para-hydroxylation sites is 1. The Bertz CT molecular complexity index is 1680. The molecule has 0 bridgehead atoms. The molecular formula is C26H21Br2FN4O3. The molecule has 7 nitrogen and oxygen atoms in total. The number of imidazole rings is 1. The van der Waals surface area contributed by atoms with Crippen molar-refractivity contribution in [3.05, 3.63) is 74.0 Å². The number of halogens is 3. The van der Waals surface area contributed by atoms with Crippen LogP contribution in [0.4, 0.5) is 9.18 Å². The minimum atomic E-state index is -1.11. The maximum absolute atomic E-state index is 14.5. The molecule has 0 radical (unpaired) electrons. The molecule has 0 fully saturated rings. The van der Waals surface area contributed by atoms with E-state index in [0.29, 0.717) is 17.0 Å². The molecule has 2 aromatic carbocycles. The van der Waals surface area contributed by atoms with Crippen LogP contribution in [-0.4, -0.2) is 20.6 Å². The molecule has 1 amide bonds. The SMILES string of the molecule is CCc1nc2c(C)c(Br)c(C)nc2n1Cc1ccc2c(-c3cccc(F)c3OC(N)=O)oc(Br)c2c1. The van der Waals surface area contributed by atoms with Gasteiger partial charge < -0.3 is 19.5 Å². The van der Waals surface area contributed by atoms with Crippen molar-refractivity contribution in [3.8, 4) is 17.1 Å². The van der Waals surface area contributed by atoms with Gasteiger partial charge in [0, 0.05) is 21.7 Å². The van der Waals surface area contributed by atoms with Crippen LogP contribution >= 0.6 is 31.9 Å². The number of rotatable bonds is 5. The predicted molar refractivity (Wildman–Crippen MR) is 143 cm³/mol. The lowest BCUT2D eigenvalue weighted by molar-refractivity contribution is 0.209. The first kappa shape index (κ1) is 24.5. The van der Waals surface area contributed by atoms with E-state index in [2.05, 4.69) is 43.4 Å². The second-order valence-corrected chi connectivity index (χ2v) is 9.91. The monoisotopic (exact) mass is 614 g/mol. The molecule has 0 atom stereocenters. The molecule has 3 aromatic heterocycles. The predicted octanol–water partition coefficient (Wildman–Crippen LogP) is 7.19. The molecule has 0 saturated carbocycles. The Morgan fingerprint density at radius 2 is 1.94 bits per heavy atom.